The van der Waals surface area contributed by atoms with Crippen molar-refractivity contribution in [3.63, 3.8) is 0 Å². The Hall–Kier alpha value is -3.35. The van der Waals surface area contributed by atoms with Crippen LogP contribution in [0.15, 0.2) is 48.5 Å². The summed E-state index contributed by atoms with van der Waals surface area (Å²) in [5.41, 5.74) is 4.57. The van der Waals surface area contributed by atoms with Gasteiger partial charge in [-0.3, -0.25) is 9.59 Å². The number of benzene rings is 2. The van der Waals surface area contributed by atoms with Gasteiger partial charge in [-0.25, -0.2) is 4.79 Å². The molecule has 0 bridgehead atoms. The van der Waals surface area contributed by atoms with Gasteiger partial charge in [0.25, 0.3) is 0 Å². The fraction of sp³-hybridized carbons (Fsp3) is 0.375. The highest BCUT2D eigenvalue weighted by atomic mass is 16.5. The van der Waals surface area contributed by atoms with E-state index in [0.717, 1.165) is 22.3 Å². The number of hydrogen-bond donors (Lipinski definition) is 2. The Morgan fingerprint density at radius 3 is 2.16 bits per heavy atom. The first-order valence-corrected chi connectivity index (χ1v) is 10.4. The van der Waals surface area contributed by atoms with Crippen LogP contribution in [0.3, 0.4) is 0 Å². The maximum Gasteiger partial charge on any atom is 0.407 e. The number of amides is 2. The highest BCUT2D eigenvalue weighted by molar-refractivity contribution is 5.82. The normalized spacial score (nSPS) is 12.2. The van der Waals surface area contributed by atoms with Crippen LogP contribution in [0.2, 0.25) is 0 Å². The van der Waals surface area contributed by atoms with Crippen LogP contribution in [-0.2, 0) is 14.3 Å². The van der Waals surface area contributed by atoms with Crippen molar-refractivity contribution in [3.05, 3.63) is 59.7 Å². The summed E-state index contributed by atoms with van der Waals surface area (Å²) in [4.78, 5) is 36.8. The predicted molar refractivity (Wildman–Crippen MR) is 117 cm³/mol. The molecule has 0 atom stereocenters. The fourth-order valence-electron chi connectivity index (χ4n) is 3.94. The summed E-state index contributed by atoms with van der Waals surface area (Å²) >= 11 is 0. The van der Waals surface area contributed by atoms with Crippen LogP contribution >= 0.6 is 0 Å². The summed E-state index contributed by atoms with van der Waals surface area (Å²) in [5, 5.41) is 11.6. The lowest BCUT2D eigenvalue weighted by Crippen LogP contribution is -2.40. The number of carbonyl (C=O) groups is 3. The summed E-state index contributed by atoms with van der Waals surface area (Å²) in [6, 6.07) is 16.2. The second-order valence-electron chi connectivity index (χ2n) is 8.06. The van der Waals surface area contributed by atoms with E-state index in [1.807, 2.05) is 50.2 Å². The molecule has 2 aromatic carbocycles. The zero-order valence-electron chi connectivity index (χ0n) is 17.8. The standard InChI is InChI=1S/C24H28N2O5/c1-16(2)13-26(14-23(28)29)22(27)11-12-25-24(30)31-15-21-19-9-5-3-7-17(19)18-8-4-6-10-20(18)21/h3-10,16,21H,11-15H2,1-2H3,(H,25,30)(H,28,29). The fourth-order valence-corrected chi connectivity index (χ4v) is 3.94. The number of carboxylic acids is 1. The van der Waals surface area contributed by atoms with Gasteiger partial charge in [0, 0.05) is 25.4 Å². The van der Waals surface area contributed by atoms with Crippen LogP contribution in [0.25, 0.3) is 11.1 Å². The van der Waals surface area contributed by atoms with Crippen molar-refractivity contribution in [3.8, 4) is 11.1 Å². The number of hydrogen-bond acceptors (Lipinski definition) is 4. The molecule has 31 heavy (non-hydrogen) atoms. The van der Waals surface area contributed by atoms with Crippen LogP contribution in [0, 0.1) is 5.92 Å². The number of ether oxygens (including phenoxy) is 1. The summed E-state index contributed by atoms with van der Waals surface area (Å²) in [5.74, 6) is -1.25. The first kappa shape index (κ1) is 22.3. The number of nitrogens with one attached hydrogen (secondary N) is 1. The number of fused-ring (bicyclic) bond motifs is 3. The van der Waals surface area contributed by atoms with Crippen molar-refractivity contribution in [2.75, 3.05) is 26.2 Å². The average molecular weight is 424 g/mol. The average Bonchev–Trinajstić information content (AvgIpc) is 3.05. The van der Waals surface area contributed by atoms with Gasteiger partial charge in [0.1, 0.15) is 13.2 Å². The van der Waals surface area contributed by atoms with Crippen LogP contribution in [0.4, 0.5) is 4.79 Å². The first-order chi connectivity index (χ1) is 14.9. The van der Waals surface area contributed by atoms with E-state index in [1.165, 1.54) is 4.90 Å². The molecule has 2 N–H and O–H groups in total. The van der Waals surface area contributed by atoms with E-state index in [1.54, 1.807) is 0 Å². The molecule has 0 spiro atoms. The quantitative estimate of drug-likeness (QED) is 0.642. The molecule has 164 valence electrons. The van der Waals surface area contributed by atoms with E-state index in [-0.39, 0.29) is 43.9 Å². The predicted octanol–water partition coefficient (Wildman–Crippen LogP) is 3.48. The number of nitrogens with zero attached hydrogens (tertiary/aromatic N) is 1. The van der Waals surface area contributed by atoms with Crippen LogP contribution < -0.4 is 5.32 Å². The molecule has 0 aromatic heterocycles. The molecule has 0 aliphatic heterocycles. The molecule has 1 aliphatic rings. The smallest absolute Gasteiger partial charge is 0.407 e. The summed E-state index contributed by atoms with van der Waals surface area (Å²) in [7, 11) is 0. The van der Waals surface area contributed by atoms with E-state index in [9.17, 15) is 14.4 Å². The third kappa shape index (κ3) is 5.63. The molecule has 0 heterocycles. The zero-order valence-corrected chi connectivity index (χ0v) is 17.8. The van der Waals surface area contributed by atoms with E-state index in [4.69, 9.17) is 9.84 Å². The third-order valence-corrected chi connectivity index (χ3v) is 5.22. The van der Waals surface area contributed by atoms with Crippen molar-refractivity contribution >= 4 is 18.0 Å². The molecule has 0 saturated heterocycles. The Morgan fingerprint density at radius 2 is 1.61 bits per heavy atom. The highest BCUT2D eigenvalue weighted by Crippen LogP contribution is 2.44. The number of carboxylic acid groups (broad SMARTS) is 1. The van der Waals surface area contributed by atoms with E-state index in [0.29, 0.717) is 6.54 Å². The van der Waals surface area contributed by atoms with Gasteiger partial charge in [-0.1, -0.05) is 62.4 Å². The Bertz CT molecular complexity index is 911. The third-order valence-electron chi connectivity index (χ3n) is 5.22. The SMILES string of the molecule is CC(C)CN(CC(=O)O)C(=O)CCNC(=O)OCC1c2ccccc2-c2ccccc21. The molecule has 7 nitrogen and oxygen atoms in total. The Morgan fingerprint density at radius 1 is 1.03 bits per heavy atom. The van der Waals surface area contributed by atoms with Crippen LogP contribution in [0.1, 0.15) is 37.3 Å². The molecule has 0 radical (unpaired) electrons. The number of alkyl carbamates (subject to hydrolysis) is 1. The lowest BCUT2D eigenvalue weighted by atomic mass is 9.98. The monoisotopic (exact) mass is 424 g/mol. The summed E-state index contributed by atoms with van der Waals surface area (Å²) in [6.07, 6.45) is -0.576. The Labute approximate surface area is 182 Å². The maximum atomic E-state index is 12.3. The first-order valence-electron chi connectivity index (χ1n) is 10.4. The van der Waals surface area contributed by atoms with Crippen LogP contribution in [-0.4, -0.2) is 54.2 Å². The lowest BCUT2D eigenvalue weighted by Gasteiger charge is -2.22. The van der Waals surface area contributed by atoms with Gasteiger partial charge in [-0.15, -0.1) is 0 Å². The molecule has 0 unspecified atom stereocenters. The molecule has 0 fully saturated rings. The van der Waals surface area contributed by atoms with Crippen molar-refractivity contribution in [1.82, 2.24) is 10.2 Å². The topological polar surface area (TPSA) is 95.9 Å². The minimum atomic E-state index is -1.06. The molecule has 1 aliphatic carbocycles. The summed E-state index contributed by atoms with van der Waals surface area (Å²) < 4.78 is 5.44. The van der Waals surface area contributed by atoms with Crippen molar-refractivity contribution in [2.24, 2.45) is 5.92 Å². The lowest BCUT2D eigenvalue weighted by molar-refractivity contribution is -0.144. The Balaban J connectivity index is 1.51. The molecule has 7 heteroatoms. The largest absolute Gasteiger partial charge is 0.480 e. The van der Waals surface area contributed by atoms with E-state index >= 15 is 0 Å². The van der Waals surface area contributed by atoms with Crippen molar-refractivity contribution in [1.29, 1.82) is 0 Å². The number of carbonyl (C=O) groups excluding carboxylic acids is 2. The van der Waals surface area contributed by atoms with Gasteiger partial charge in [-0.2, -0.15) is 0 Å². The van der Waals surface area contributed by atoms with Gasteiger partial charge in [0.15, 0.2) is 0 Å². The minimum absolute atomic E-state index is 0.0181. The van der Waals surface area contributed by atoms with Gasteiger partial charge < -0.3 is 20.1 Å². The van der Waals surface area contributed by atoms with Gasteiger partial charge in [0.05, 0.1) is 0 Å². The second-order valence-corrected chi connectivity index (χ2v) is 8.06. The zero-order chi connectivity index (χ0) is 22.4. The Kier molecular flexibility index (Phi) is 7.28. The molecular formula is C24H28N2O5. The molecule has 0 saturated carbocycles. The van der Waals surface area contributed by atoms with E-state index < -0.39 is 12.1 Å². The van der Waals surface area contributed by atoms with Crippen molar-refractivity contribution in [2.45, 2.75) is 26.2 Å². The van der Waals surface area contributed by atoms with Gasteiger partial charge in [-0.05, 0) is 28.2 Å². The molecule has 2 aromatic rings. The minimum Gasteiger partial charge on any atom is -0.480 e. The highest BCUT2D eigenvalue weighted by Gasteiger charge is 2.29. The number of aliphatic carboxylic acids is 1. The second kappa shape index (κ2) is 10.1. The maximum absolute atomic E-state index is 12.3. The van der Waals surface area contributed by atoms with Crippen molar-refractivity contribution < 1.29 is 24.2 Å². The van der Waals surface area contributed by atoms with Gasteiger partial charge >= 0.3 is 12.1 Å². The molecule has 3 rings (SSSR count). The molecule has 2 amide bonds. The number of rotatable bonds is 9. The molecular weight excluding hydrogens is 396 g/mol. The van der Waals surface area contributed by atoms with Gasteiger partial charge in [0.2, 0.25) is 5.91 Å². The van der Waals surface area contributed by atoms with E-state index in [2.05, 4.69) is 17.4 Å². The van der Waals surface area contributed by atoms with Crippen LogP contribution in [0.5, 0.6) is 0 Å². The summed E-state index contributed by atoms with van der Waals surface area (Å²) in [6.45, 7) is 4.13.